The standard InChI is InChI=1S/C22H25BrN2O/c23-21-11-5-4-10-18(21)19-14-24-15-20(19)22(26)25-12-6-9-17(25)13-16-7-2-1-3-8-16/h1-5,7-8,10-11,17,19-20,24H,6,9,12-15H2/t17?,19-,20+/m0/s1. The summed E-state index contributed by atoms with van der Waals surface area (Å²) in [5.41, 5.74) is 2.57. The Morgan fingerprint density at radius 1 is 1.08 bits per heavy atom. The van der Waals surface area contributed by atoms with Gasteiger partial charge in [-0.2, -0.15) is 0 Å². The lowest BCUT2D eigenvalue weighted by atomic mass is 9.87. The highest BCUT2D eigenvalue weighted by molar-refractivity contribution is 9.10. The van der Waals surface area contributed by atoms with E-state index >= 15 is 0 Å². The van der Waals surface area contributed by atoms with E-state index in [1.807, 2.05) is 12.1 Å². The molecular formula is C22H25BrN2O. The van der Waals surface area contributed by atoms with Crippen molar-refractivity contribution in [1.82, 2.24) is 10.2 Å². The average molecular weight is 413 g/mol. The molecule has 136 valence electrons. The maximum absolute atomic E-state index is 13.4. The smallest absolute Gasteiger partial charge is 0.227 e. The minimum Gasteiger partial charge on any atom is -0.339 e. The van der Waals surface area contributed by atoms with Gasteiger partial charge >= 0.3 is 0 Å². The molecule has 4 rings (SSSR count). The SMILES string of the molecule is O=C([C@@H]1CNC[C@H]1c1ccccc1Br)N1CCCC1Cc1ccccc1. The van der Waals surface area contributed by atoms with Gasteiger partial charge in [-0.1, -0.05) is 64.5 Å². The second kappa shape index (κ2) is 7.93. The molecule has 2 aliphatic heterocycles. The van der Waals surface area contributed by atoms with Crippen LogP contribution in [0.15, 0.2) is 59.1 Å². The van der Waals surface area contributed by atoms with Crippen LogP contribution in [0, 0.1) is 5.92 Å². The molecule has 2 heterocycles. The first kappa shape index (κ1) is 17.7. The van der Waals surface area contributed by atoms with Crippen LogP contribution >= 0.6 is 15.9 Å². The molecule has 2 aromatic rings. The summed E-state index contributed by atoms with van der Waals surface area (Å²) in [5.74, 6) is 0.607. The van der Waals surface area contributed by atoms with Gasteiger partial charge in [-0.25, -0.2) is 0 Å². The van der Waals surface area contributed by atoms with Crippen LogP contribution in [0.2, 0.25) is 0 Å². The van der Waals surface area contributed by atoms with Crippen LogP contribution in [0.5, 0.6) is 0 Å². The molecule has 0 aromatic heterocycles. The van der Waals surface area contributed by atoms with Crippen LogP contribution in [-0.2, 0) is 11.2 Å². The van der Waals surface area contributed by atoms with E-state index in [0.29, 0.717) is 11.9 Å². The number of rotatable bonds is 4. The van der Waals surface area contributed by atoms with E-state index in [9.17, 15) is 4.79 Å². The van der Waals surface area contributed by atoms with Crippen molar-refractivity contribution in [3.8, 4) is 0 Å². The van der Waals surface area contributed by atoms with E-state index in [0.717, 1.165) is 43.4 Å². The molecule has 0 bridgehead atoms. The zero-order chi connectivity index (χ0) is 17.9. The summed E-state index contributed by atoms with van der Waals surface area (Å²) in [4.78, 5) is 15.6. The second-order valence-corrected chi connectivity index (χ2v) is 8.26. The monoisotopic (exact) mass is 412 g/mol. The van der Waals surface area contributed by atoms with Gasteiger partial charge in [-0.15, -0.1) is 0 Å². The highest BCUT2D eigenvalue weighted by Crippen LogP contribution is 2.35. The van der Waals surface area contributed by atoms with Crippen LogP contribution in [-0.4, -0.2) is 36.5 Å². The zero-order valence-corrected chi connectivity index (χ0v) is 16.5. The van der Waals surface area contributed by atoms with Crippen LogP contribution in [0.25, 0.3) is 0 Å². The van der Waals surface area contributed by atoms with Crippen molar-refractivity contribution in [2.24, 2.45) is 5.92 Å². The maximum atomic E-state index is 13.4. The molecule has 2 fully saturated rings. The quantitative estimate of drug-likeness (QED) is 0.823. The van der Waals surface area contributed by atoms with Gasteiger partial charge in [0.15, 0.2) is 0 Å². The summed E-state index contributed by atoms with van der Waals surface area (Å²) in [6.45, 7) is 2.55. The Morgan fingerprint density at radius 2 is 1.85 bits per heavy atom. The van der Waals surface area contributed by atoms with Crippen molar-refractivity contribution in [1.29, 1.82) is 0 Å². The number of amides is 1. The van der Waals surface area contributed by atoms with E-state index in [-0.39, 0.29) is 11.8 Å². The molecule has 1 amide bonds. The number of carbonyl (C=O) groups is 1. The minimum atomic E-state index is 0.0325. The molecule has 0 spiro atoms. The van der Waals surface area contributed by atoms with Crippen molar-refractivity contribution >= 4 is 21.8 Å². The van der Waals surface area contributed by atoms with Crippen LogP contribution < -0.4 is 5.32 Å². The van der Waals surface area contributed by atoms with Crippen molar-refractivity contribution < 1.29 is 4.79 Å². The Labute approximate surface area is 163 Å². The lowest BCUT2D eigenvalue weighted by molar-refractivity contribution is -0.136. The van der Waals surface area contributed by atoms with E-state index in [4.69, 9.17) is 0 Å². The number of halogens is 1. The summed E-state index contributed by atoms with van der Waals surface area (Å²) < 4.78 is 1.11. The first-order valence-corrected chi connectivity index (χ1v) is 10.3. The van der Waals surface area contributed by atoms with Crippen LogP contribution in [0.1, 0.15) is 29.9 Å². The largest absolute Gasteiger partial charge is 0.339 e. The Kier molecular flexibility index (Phi) is 5.41. The summed E-state index contributed by atoms with van der Waals surface area (Å²) >= 11 is 3.67. The fraction of sp³-hybridized carbons (Fsp3) is 0.409. The topological polar surface area (TPSA) is 32.3 Å². The van der Waals surface area contributed by atoms with Crippen molar-refractivity contribution in [3.05, 3.63) is 70.2 Å². The third kappa shape index (κ3) is 3.58. The minimum absolute atomic E-state index is 0.0325. The molecule has 0 radical (unpaired) electrons. The number of benzene rings is 2. The number of hydrogen-bond acceptors (Lipinski definition) is 2. The maximum Gasteiger partial charge on any atom is 0.227 e. The number of nitrogens with zero attached hydrogens (tertiary/aromatic N) is 1. The van der Waals surface area contributed by atoms with Gasteiger partial charge in [-0.05, 0) is 36.5 Å². The molecule has 0 aliphatic carbocycles. The van der Waals surface area contributed by atoms with Crippen molar-refractivity contribution in [2.45, 2.75) is 31.2 Å². The Morgan fingerprint density at radius 3 is 2.65 bits per heavy atom. The summed E-state index contributed by atoms with van der Waals surface area (Å²) in [6, 6.07) is 19.2. The number of nitrogens with one attached hydrogen (secondary N) is 1. The Balaban J connectivity index is 1.51. The molecule has 2 aromatic carbocycles. The van der Waals surface area contributed by atoms with E-state index < -0.39 is 0 Å². The molecule has 26 heavy (non-hydrogen) atoms. The van der Waals surface area contributed by atoms with E-state index in [2.05, 4.69) is 68.6 Å². The van der Waals surface area contributed by atoms with Gasteiger partial charge in [0.2, 0.25) is 5.91 Å². The lowest BCUT2D eigenvalue weighted by Gasteiger charge is -2.30. The third-order valence-electron chi connectivity index (χ3n) is 5.81. The molecule has 2 aliphatic rings. The molecule has 0 saturated carbocycles. The van der Waals surface area contributed by atoms with Gasteiger partial charge in [0.05, 0.1) is 5.92 Å². The predicted octanol–water partition coefficient (Wildman–Crippen LogP) is 3.99. The first-order chi connectivity index (χ1) is 12.7. The Bertz CT molecular complexity index is 764. The van der Waals surface area contributed by atoms with Crippen LogP contribution in [0.3, 0.4) is 0 Å². The fourth-order valence-electron chi connectivity index (χ4n) is 4.48. The van der Waals surface area contributed by atoms with Gasteiger partial charge in [0.25, 0.3) is 0 Å². The van der Waals surface area contributed by atoms with Gasteiger partial charge in [0, 0.05) is 36.1 Å². The molecule has 2 saturated heterocycles. The molecule has 3 atom stereocenters. The van der Waals surface area contributed by atoms with Gasteiger partial charge in [-0.3, -0.25) is 4.79 Å². The zero-order valence-electron chi connectivity index (χ0n) is 14.9. The van der Waals surface area contributed by atoms with Crippen LogP contribution in [0.4, 0.5) is 0 Å². The molecular weight excluding hydrogens is 388 g/mol. The summed E-state index contributed by atoms with van der Waals surface area (Å²) in [6.07, 6.45) is 3.19. The normalized spacial score (nSPS) is 25.6. The molecule has 1 N–H and O–H groups in total. The highest BCUT2D eigenvalue weighted by Gasteiger charge is 2.40. The molecule has 4 heteroatoms. The highest BCUT2D eigenvalue weighted by atomic mass is 79.9. The van der Waals surface area contributed by atoms with Gasteiger partial charge in [0.1, 0.15) is 0 Å². The number of likely N-dealkylation sites (tertiary alicyclic amines) is 1. The Hall–Kier alpha value is -1.65. The molecule has 3 nitrogen and oxygen atoms in total. The predicted molar refractivity (Wildman–Crippen MR) is 108 cm³/mol. The fourth-order valence-corrected chi connectivity index (χ4v) is 5.06. The average Bonchev–Trinajstić information content (AvgIpc) is 3.32. The first-order valence-electron chi connectivity index (χ1n) is 9.53. The summed E-state index contributed by atoms with van der Waals surface area (Å²) in [7, 11) is 0. The van der Waals surface area contributed by atoms with Crippen molar-refractivity contribution in [2.75, 3.05) is 19.6 Å². The summed E-state index contributed by atoms with van der Waals surface area (Å²) in [5, 5.41) is 3.45. The van der Waals surface area contributed by atoms with E-state index in [1.165, 1.54) is 11.1 Å². The second-order valence-electron chi connectivity index (χ2n) is 7.41. The van der Waals surface area contributed by atoms with Gasteiger partial charge < -0.3 is 10.2 Å². The third-order valence-corrected chi connectivity index (χ3v) is 6.53. The number of hydrogen-bond donors (Lipinski definition) is 1. The lowest BCUT2D eigenvalue weighted by Crippen LogP contribution is -2.42. The van der Waals surface area contributed by atoms with Crippen molar-refractivity contribution in [3.63, 3.8) is 0 Å². The number of carbonyl (C=O) groups excluding carboxylic acids is 1. The molecule has 1 unspecified atom stereocenters. The van der Waals surface area contributed by atoms with E-state index in [1.54, 1.807) is 0 Å².